The van der Waals surface area contributed by atoms with Gasteiger partial charge in [-0.1, -0.05) is 32.1 Å². The van der Waals surface area contributed by atoms with Gasteiger partial charge in [-0.15, -0.1) is 5.10 Å². The summed E-state index contributed by atoms with van der Waals surface area (Å²) in [5.41, 5.74) is 1.17. The molecule has 13 nitrogen and oxygen atoms in total. The number of halogens is 1. The van der Waals surface area contributed by atoms with Crippen molar-refractivity contribution in [2.24, 2.45) is 11.3 Å². The summed E-state index contributed by atoms with van der Waals surface area (Å²) in [6, 6.07) is 9.98. The standard InChI is InChI=1S/C40H51FN9O4P/c1-24-30(12-13-33(41)45-24)36(32-22-50(48-47-32)40-16-26(17-40)18-40)49(23-52-55(51,53-38(6,7)8)54-39(9,10)11)29-14-27(19-42)34-31(15-29)35(28(20-43)21-44-34)46-25(2)37(3,4)5/h12-15,21-22,25-26,36H,16-18,23H2,1-11H3,(H,44,46)/t25-,26?,36+,40?/m1/s1. The van der Waals surface area contributed by atoms with Crippen molar-refractivity contribution in [1.29, 1.82) is 10.5 Å². The summed E-state index contributed by atoms with van der Waals surface area (Å²) in [5.74, 6) is 0.0348. The van der Waals surface area contributed by atoms with Crippen molar-refractivity contribution in [1.82, 2.24) is 25.0 Å². The van der Waals surface area contributed by atoms with Crippen molar-refractivity contribution in [3.8, 4) is 12.1 Å². The average Bonchev–Trinajstić information content (AvgIpc) is 3.48. The van der Waals surface area contributed by atoms with Gasteiger partial charge in [0.15, 0.2) is 0 Å². The molecule has 0 spiro atoms. The summed E-state index contributed by atoms with van der Waals surface area (Å²) in [4.78, 5) is 10.5. The van der Waals surface area contributed by atoms with Crippen molar-refractivity contribution in [3.05, 3.63) is 70.7 Å². The number of nitriles is 2. The van der Waals surface area contributed by atoms with Gasteiger partial charge in [0.05, 0.1) is 45.3 Å². The molecule has 2 bridgehead atoms. The number of rotatable bonds is 12. The Bertz CT molecular complexity index is 2210. The van der Waals surface area contributed by atoms with Gasteiger partial charge < -0.3 is 10.2 Å². The zero-order valence-electron chi connectivity index (χ0n) is 33.6. The van der Waals surface area contributed by atoms with E-state index < -0.39 is 37.7 Å². The molecule has 0 amide bonds. The van der Waals surface area contributed by atoms with E-state index in [-0.39, 0.29) is 22.6 Å². The van der Waals surface area contributed by atoms with Crippen LogP contribution in [-0.4, -0.2) is 48.9 Å². The first-order valence-electron chi connectivity index (χ1n) is 18.6. The quantitative estimate of drug-likeness (QED) is 0.0827. The van der Waals surface area contributed by atoms with E-state index in [0.29, 0.717) is 50.7 Å². The fourth-order valence-corrected chi connectivity index (χ4v) is 8.80. The van der Waals surface area contributed by atoms with Gasteiger partial charge in [-0.05, 0) is 104 Å². The highest BCUT2D eigenvalue weighted by molar-refractivity contribution is 7.48. The minimum absolute atomic E-state index is 0.0880. The topological polar surface area (TPSA) is 164 Å². The molecule has 7 rings (SSSR count). The fourth-order valence-electron chi connectivity index (χ4n) is 7.05. The molecule has 3 fully saturated rings. The van der Waals surface area contributed by atoms with Gasteiger partial charge >= 0.3 is 7.82 Å². The average molecular weight is 772 g/mol. The zero-order valence-corrected chi connectivity index (χ0v) is 34.5. The SMILES string of the molecule is Cc1nc(F)ccc1[C@@H](c1cn(C23CC(C2)C3)nn1)N(COP(=O)(OC(C)(C)C)OC(C)(C)C)c1cc(C#N)c2ncc(C#N)c(N[C@H](C)C(C)(C)C)c2c1. The van der Waals surface area contributed by atoms with Gasteiger partial charge in [0.1, 0.15) is 30.6 Å². The Morgan fingerprint density at radius 1 is 1.04 bits per heavy atom. The van der Waals surface area contributed by atoms with Crippen LogP contribution in [0.15, 0.2) is 36.7 Å². The van der Waals surface area contributed by atoms with Crippen LogP contribution >= 0.6 is 7.82 Å². The Morgan fingerprint density at radius 2 is 1.67 bits per heavy atom. The lowest BCUT2D eigenvalue weighted by atomic mass is 9.50. The number of aryl methyl sites for hydroxylation is 1. The summed E-state index contributed by atoms with van der Waals surface area (Å²) in [6.07, 6.45) is 6.43. The zero-order chi connectivity index (χ0) is 40.3. The lowest BCUT2D eigenvalue weighted by Crippen LogP contribution is -2.59. The number of phosphoric ester groups is 1. The molecule has 292 valence electrons. The molecule has 3 aromatic heterocycles. The molecule has 3 aliphatic rings. The lowest BCUT2D eigenvalue weighted by Gasteiger charge is -2.61. The first kappa shape index (κ1) is 40.2. The molecule has 0 aliphatic heterocycles. The van der Waals surface area contributed by atoms with E-state index in [9.17, 15) is 19.5 Å². The van der Waals surface area contributed by atoms with E-state index in [0.717, 1.165) is 19.3 Å². The Kier molecular flexibility index (Phi) is 10.4. The van der Waals surface area contributed by atoms with E-state index in [2.05, 4.69) is 58.5 Å². The van der Waals surface area contributed by atoms with Crippen LogP contribution in [0.4, 0.5) is 15.8 Å². The molecule has 1 N–H and O–H groups in total. The second-order valence-electron chi connectivity index (χ2n) is 18.0. The number of nitrogens with zero attached hydrogens (tertiary/aromatic N) is 8. The van der Waals surface area contributed by atoms with Crippen molar-refractivity contribution < 1.29 is 22.5 Å². The lowest BCUT2D eigenvalue weighted by molar-refractivity contribution is -0.0989. The number of aromatic nitrogens is 5. The van der Waals surface area contributed by atoms with Crippen LogP contribution in [-0.2, 0) is 23.7 Å². The maximum atomic E-state index is 14.6. The fraction of sp³-hybridized carbons (Fsp3) is 0.550. The third kappa shape index (κ3) is 8.39. The number of anilines is 2. The third-order valence-electron chi connectivity index (χ3n) is 10.3. The molecular formula is C40H51FN9O4P. The van der Waals surface area contributed by atoms with Gasteiger partial charge in [0, 0.05) is 34.6 Å². The van der Waals surface area contributed by atoms with Gasteiger partial charge in [0.25, 0.3) is 0 Å². The number of phosphoric acid groups is 1. The summed E-state index contributed by atoms with van der Waals surface area (Å²) in [5, 5.41) is 34.2. The molecule has 3 saturated carbocycles. The largest absolute Gasteiger partial charge is 0.477 e. The Hall–Kier alpha value is -4.46. The smallest absolute Gasteiger partial charge is 0.380 e. The van der Waals surface area contributed by atoms with E-state index in [1.807, 2.05) is 23.9 Å². The Balaban J connectivity index is 1.60. The number of nitrogens with one attached hydrogen (secondary N) is 1. The Morgan fingerprint density at radius 3 is 2.20 bits per heavy atom. The maximum Gasteiger partial charge on any atom is 0.477 e. The van der Waals surface area contributed by atoms with Crippen LogP contribution in [0.5, 0.6) is 0 Å². The monoisotopic (exact) mass is 771 g/mol. The predicted octanol–water partition coefficient (Wildman–Crippen LogP) is 9.08. The highest BCUT2D eigenvalue weighted by Crippen LogP contribution is 2.62. The molecule has 3 heterocycles. The first-order chi connectivity index (χ1) is 25.5. The molecule has 0 saturated heterocycles. The molecule has 4 aromatic rings. The molecule has 15 heteroatoms. The van der Waals surface area contributed by atoms with Gasteiger partial charge in [-0.3, -0.25) is 18.6 Å². The minimum Gasteiger partial charge on any atom is -0.380 e. The molecular weight excluding hydrogens is 720 g/mol. The van der Waals surface area contributed by atoms with Crippen LogP contribution in [0.25, 0.3) is 10.9 Å². The second kappa shape index (κ2) is 14.2. The normalized spacial score (nSPS) is 19.5. The van der Waals surface area contributed by atoms with E-state index in [1.165, 1.54) is 12.3 Å². The third-order valence-corrected chi connectivity index (χ3v) is 12.3. The number of benzene rings is 1. The molecule has 0 unspecified atom stereocenters. The van der Waals surface area contributed by atoms with Crippen LogP contribution in [0.2, 0.25) is 0 Å². The molecule has 3 aliphatic carbocycles. The van der Waals surface area contributed by atoms with Crippen LogP contribution in [0, 0.1) is 46.9 Å². The van der Waals surface area contributed by atoms with Crippen molar-refractivity contribution in [3.63, 3.8) is 0 Å². The Labute approximate surface area is 322 Å². The maximum absolute atomic E-state index is 14.6. The highest BCUT2D eigenvalue weighted by Gasteiger charge is 2.59. The number of pyridine rings is 2. The molecule has 55 heavy (non-hydrogen) atoms. The first-order valence-corrected chi connectivity index (χ1v) is 20.0. The van der Waals surface area contributed by atoms with Crippen LogP contribution in [0.1, 0.15) is 123 Å². The van der Waals surface area contributed by atoms with E-state index in [1.54, 1.807) is 65.5 Å². The molecule has 1 aromatic carbocycles. The number of hydrogen-bond acceptors (Lipinski definition) is 12. The summed E-state index contributed by atoms with van der Waals surface area (Å²) < 4.78 is 49.4. The van der Waals surface area contributed by atoms with Crippen molar-refractivity contribution in [2.45, 2.75) is 124 Å². The van der Waals surface area contributed by atoms with E-state index in [4.69, 9.17) is 13.6 Å². The van der Waals surface area contributed by atoms with Gasteiger partial charge in [0.2, 0.25) is 5.95 Å². The van der Waals surface area contributed by atoms with Crippen LogP contribution < -0.4 is 10.2 Å². The van der Waals surface area contributed by atoms with Crippen molar-refractivity contribution >= 4 is 30.1 Å². The van der Waals surface area contributed by atoms with E-state index >= 15 is 0 Å². The molecule has 2 atom stereocenters. The number of hydrogen-bond donors (Lipinski definition) is 1. The minimum atomic E-state index is -4.31. The van der Waals surface area contributed by atoms with Gasteiger partial charge in [-0.25, -0.2) is 14.2 Å². The number of fused-ring (bicyclic) bond motifs is 1. The summed E-state index contributed by atoms with van der Waals surface area (Å²) >= 11 is 0. The van der Waals surface area contributed by atoms with Crippen molar-refractivity contribution in [2.75, 3.05) is 16.9 Å². The second-order valence-corrected chi connectivity index (χ2v) is 19.5. The predicted molar refractivity (Wildman–Crippen MR) is 208 cm³/mol. The van der Waals surface area contributed by atoms with Crippen LogP contribution in [0.3, 0.4) is 0 Å². The summed E-state index contributed by atoms with van der Waals surface area (Å²) in [6.45, 7) is 20.1. The molecule has 0 radical (unpaired) electrons. The summed E-state index contributed by atoms with van der Waals surface area (Å²) in [7, 11) is -4.31. The highest BCUT2D eigenvalue weighted by atomic mass is 31.2. The van der Waals surface area contributed by atoms with Gasteiger partial charge in [-0.2, -0.15) is 14.9 Å².